The first kappa shape index (κ1) is 17.2. The molecule has 2 aromatic rings. The first-order valence-corrected chi connectivity index (χ1v) is 7.44. The maximum absolute atomic E-state index is 13.7. The van der Waals surface area contributed by atoms with E-state index in [0.717, 1.165) is 0 Å². The number of rotatable bonds is 6. The van der Waals surface area contributed by atoms with Crippen LogP contribution in [0.25, 0.3) is 5.82 Å². The van der Waals surface area contributed by atoms with E-state index in [-0.39, 0.29) is 43.1 Å². The van der Waals surface area contributed by atoms with E-state index in [4.69, 9.17) is 10.5 Å². The summed E-state index contributed by atoms with van der Waals surface area (Å²) in [6.07, 6.45) is -2.71. The van der Waals surface area contributed by atoms with Gasteiger partial charge in [0, 0.05) is 12.3 Å². The first-order chi connectivity index (χ1) is 11.7. The molecule has 3 rings (SSSR count). The SMILES string of the molecule is NC(=O)c1ccc(-n2ccc(OCCC3(C(F)(F)F)CC3)n2)nc1F. The lowest BCUT2D eigenvalue weighted by atomic mass is 10.0. The Morgan fingerprint density at radius 3 is 2.60 bits per heavy atom. The molecule has 0 saturated heterocycles. The lowest BCUT2D eigenvalue weighted by Crippen LogP contribution is -2.26. The van der Waals surface area contributed by atoms with Crippen LogP contribution in [0.15, 0.2) is 24.4 Å². The Balaban J connectivity index is 1.63. The number of primary amides is 1. The molecule has 10 heteroatoms. The average molecular weight is 358 g/mol. The summed E-state index contributed by atoms with van der Waals surface area (Å²) >= 11 is 0. The molecule has 1 aliphatic carbocycles. The Kier molecular flexibility index (Phi) is 4.13. The van der Waals surface area contributed by atoms with Crippen LogP contribution in [0.2, 0.25) is 0 Å². The van der Waals surface area contributed by atoms with Crippen LogP contribution in [0.5, 0.6) is 5.88 Å². The Morgan fingerprint density at radius 1 is 1.32 bits per heavy atom. The zero-order chi connectivity index (χ0) is 18.2. The first-order valence-electron chi connectivity index (χ1n) is 7.44. The molecule has 1 saturated carbocycles. The number of alkyl halides is 3. The third kappa shape index (κ3) is 3.42. The van der Waals surface area contributed by atoms with Crippen LogP contribution >= 0.6 is 0 Å². The third-order valence-electron chi connectivity index (χ3n) is 4.18. The number of hydrogen-bond donors (Lipinski definition) is 1. The van der Waals surface area contributed by atoms with Gasteiger partial charge in [-0.15, -0.1) is 5.10 Å². The third-order valence-corrected chi connectivity index (χ3v) is 4.18. The molecule has 0 atom stereocenters. The van der Waals surface area contributed by atoms with Crippen LogP contribution in [-0.4, -0.2) is 33.5 Å². The summed E-state index contributed by atoms with van der Waals surface area (Å²) in [4.78, 5) is 14.5. The highest BCUT2D eigenvalue weighted by atomic mass is 19.4. The van der Waals surface area contributed by atoms with Gasteiger partial charge in [0.2, 0.25) is 11.8 Å². The van der Waals surface area contributed by atoms with Crippen molar-refractivity contribution in [1.82, 2.24) is 14.8 Å². The van der Waals surface area contributed by atoms with Crippen molar-refractivity contribution in [1.29, 1.82) is 0 Å². The van der Waals surface area contributed by atoms with Gasteiger partial charge in [0.25, 0.3) is 5.91 Å². The van der Waals surface area contributed by atoms with Gasteiger partial charge in [-0.05, 0) is 31.4 Å². The summed E-state index contributed by atoms with van der Waals surface area (Å²) in [5.74, 6) is -1.81. The Labute approximate surface area is 139 Å². The van der Waals surface area contributed by atoms with Gasteiger partial charge < -0.3 is 10.5 Å². The zero-order valence-electron chi connectivity index (χ0n) is 12.9. The second-order valence-corrected chi connectivity index (χ2v) is 5.85. The molecule has 2 heterocycles. The second kappa shape index (κ2) is 6.01. The van der Waals surface area contributed by atoms with Gasteiger partial charge in [-0.25, -0.2) is 4.68 Å². The molecule has 0 bridgehead atoms. The van der Waals surface area contributed by atoms with Crippen LogP contribution < -0.4 is 10.5 Å². The van der Waals surface area contributed by atoms with Gasteiger partial charge in [-0.2, -0.15) is 22.5 Å². The van der Waals surface area contributed by atoms with Gasteiger partial charge in [-0.3, -0.25) is 4.79 Å². The van der Waals surface area contributed by atoms with Crippen LogP contribution in [0.1, 0.15) is 29.6 Å². The number of carbonyl (C=O) groups is 1. The van der Waals surface area contributed by atoms with Gasteiger partial charge in [0.1, 0.15) is 0 Å². The fraction of sp³-hybridized carbons (Fsp3) is 0.400. The van der Waals surface area contributed by atoms with Crippen molar-refractivity contribution in [2.75, 3.05) is 6.61 Å². The summed E-state index contributed by atoms with van der Waals surface area (Å²) < 4.78 is 58.5. The van der Waals surface area contributed by atoms with Crippen molar-refractivity contribution in [3.63, 3.8) is 0 Å². The number of ether oxygens (including phenoxy) is 1. The van der Waals surface area contributed by atoms with E-state index in [0.29, 0.717) is 0 Å². The smallest absolute Gasteiger partial charge is 0.394 e. The minimum absolute atomic E-state index is 0.0753. The Hall–Kier alpha value is -2.65. The molecule has 0 unspecified atom stereocenters. The maximum Gasteiger partial charge on any atom is 0.394 e. The molecule has 0 radical (unpaired) electrons. The monoisotopic (exact) mass is 358 g/mol. The van der Waals surface area contributed by atoms with E-state index in [9.17, 15) is 22.4 Å². The molecule has 0 spiro atoms. The number of nitrogens with two attached hydrogens (primary N) is 1. The van der Waals surface area contributed by atoms with Crippen molar-refractivity contribution in [3.05, 3.63) is 35.9 Å². The Morgan fingerprint density at radius 2 is 2.04 bits per heavy atom. The molecule has 2 N–H and O–H groups in total. The maximum atomic E-state index is 13.7. The highest BCUT2D eigenvalue weighted by Gasteiger charge is 2.62. The van der Waals surface area contributed by atoms with Crippen molar-refractivity contribution < 1.29 is 27.1 Å². The summed E-state index contributed by atoms with van der Waals surface area (Å²) in [6.45, 7) is -0.126. The van der Waals surface area contributed by atoms with Crippen molar-refractivity contribution in [3.8, 4) is 11.7 Å². The predicted octanol–water partition coefficient (Wildman–Crippen LogP) is 2.62. The summed E-state index contributed by atoms with van der Waals surface area (Å²) in [5, 5.41) is 3.97. The Bertz CT molecular complexity index is 799. The fourth-order valence-corrected chi connectivity index (χ4v) is 2.42. The number of hydrogen-bond acceptors (Lipinski definition) is 4. The molecular formula is C15H14F4N4O2. The second-order valence-electron chi connectivity index (χ2n) is 5.85. The van der Waals surface area contributed by atoms with Crippen molar-refractivity contribution >= 4 is 5.91 Å². The van der Waals surface area contributed by atoms with Crippen LogP contribution in [0.3, 0.4) is 0 Å². The minimum atomic E-state index is -4.22. The van der Waals surface area contributed by atoms with E-state index in [1.807, 2.05) is 0 Å². The lowest BCUT2D eigenvalue weighted by molar-refractivity contribution is -0.190. The molecule has 6 nitrogen and oxygen atoms in total. The molecule has 2 aromatic heterocycles. The largest absolute Gasteiger partial charge is 0.477 e. The number of nitrogens with zero attached hydrogens (tertiary/aromatic N) is 3. The summed E-state index contributed by atoms with van der Waals surface area (Å²) in [5.41, 5.74) is 3.00. The van der Waals surface area contributed by atoms with E-state index < -0.39 is 23.4 Å². The summed E-state index contributed by atoms with van der Waals surface area (Å²) in [7, 11) is 0. The molecule has 1 amide bonds. The normalized spacial score (nSPS) is 15.8. The van der Waals surface area contributed by atoms with E-state index in [1.165, 1.54) is 29.1 Å². The van der Waals surface area contributed by atoms with Crippen molar-refractivity contribution in [2.45, 2.75) is 25.4 Å². The molecule has 0 aromatic carbocycles. The topological polar surface area (TPSA) is 83.0 Å². The van der Waals surface area contributed by atoms with Crippen molar-refractivity contribution in [2.24, 2.45) is 11.1 Å². The van der Waals surface area contributed by atoms with E-state index in [1.54, 1.807) is 0 Å². The lowest BCUT2D eigenvalue weighted by Gasteiger charge is -2.18. The van der Waals surface area contributed by atoms with Crippen LogP contribution in [-0.2, 0) is 0 Å². The number of amides is 1. The predicted molar refractivity (Wildman–Crippen MR) is 77.7 cm³/mol. The minimum Gasteiger partial charge on any atom is -0.477 e. The number of aromatic nitrogens is 3. The highest BCUT2D eigenvalue weighted by Crippen LogP contribution is 2.59. The molecule has 1 aliphatic rings. The van der Waals surface area contributed by atoms with E-state index in [2.05, 4.69) is 10.1 Å². The highest BCUT2D eigenvalue weighted by molar-refractivity contribution is 5.92. The standard InChI is InChI=1S/C15H14F4N4O2/c16-12-9(13(20)24)1-2-10(21-12)23-7-3-11(22-23)25-8-6-14(4-5-14)15(17,18)19/h1-3,7H,4-6,8H2,(H2,20,24). The van der Waals surface area contributed by atoms with Gasteiger partial charge >= 0.3 is 6.18 Å². The van der Waals surface area contributed by atoms with Gasteiger partial charge in [-0.1, -0.05) is 0 Å². The van der Waals surface area contributed by atoms with Gasteiger partial charge in [0.05, 0.1) is 17.6 Å². The number of halogens is 4. The molecule has 25 heavy (non-hydrogen) atoms. The average Bonchev–Trinajstić information content (AvgIpc) is 3.17. The molecule has 0 aliphatic heterocycles. The quantitative estimate of drug-likeness (QED) is 0.636. The fourth-order valence-electron chi connectivity index (χ4n) is 2.42. The number of pyridine rings is 1. The molecule has 1 fully saturated rings. The van der Waals surface area contributed by atoms with Gasteiger partial charge in [0.15, 0.2) is 5.82 Å². The van der Waals surface area contributed by atoms with Crippen LogP contribution in [0, 0.1) is 11.4 Å². The zero-order valence-corrected chi connectivity index (χ0v) is 12.9. The van der Waals surface area contributed by atoms with Crippen LogP contribution in [0.4, 0.5) is 17.6 Å². The van der Waals surface area contributed by atoms with E-state index >= 15 is 0 Å². The molecule has 134 valence electrons. The molecular weight excluding hydrogens is 344 g/mol. The summed E-state index contributed by atoms with van der Waals surface area (Å²) in [6, 6.07) is 3.93. The number of carbonyl (C=O) groups excluding carboxylic acids is 1.